The molecule has 4 rings (SSSR count). The molecule has 3 heterocycles. The van der Waals surface area contributed by atoms with Gasteiger partial charge in [-0.05, 0) is 25.3 Å². The van der Waals surface area contributed by atoms with Gasteiger partial charge in [0.25, 0.3) is 5.91 Å². The summed E-state index contributed by atoms with van der Waals surface area (Å²) in [5, 5.41) is 10.2. The molecule has 2 N–H and O–H groups in total. The van der Waals surface area contributed by atoms with E-state index in [2.05, 4.69) is 4.98 Å². The average Bonchev–Trinajstić information content (AvgIpc) is 3.18. The van der Waals surface area contributed by atoms with E-state index in [4.69, 9.17) is 0 Å². The summed E-state index contributed by atoms with van der Waals surface area (Å²) < 4.78 is 0. The van der Waals surface area contributed by atoms with E-state index in [1.54, 1.807) is 6.20 Å². The molecule has 2 aliphatic rings. The summed E-state index contributed by atoms with van der Waals surface area (Å²) in [4.78, 5) is 29.1. The quantitative estimate of drug-likeness (QED) is 0.888. The lowest BCUT2D eigenvalue weighted by atomic mass is 9.89. The van der Waals surface area contributed by atoms with E-state index in [1.165, 1.54) is 0 Å². The summed E-state index contributed by atoms with van der Waals surface area (Å²) in [7, 11) is 0. The Balaban J connectivity index is 1.71. The fraction of sp³-hybridized carbons (Fsp3) is 0.375. The van der Waals surface area contributed by atoms with Crippen molar-refractivity contribution in [2.24, 2.45) is 5.92 Å². The van der Waals surface area contributed by atoms with Crippen molar-refractivity contribution >= 4 is 22.8 Å². The SMILES string of the molecule is O=C(O)C1CC2CCC1N2C(=O)c1c[nH]c2ccccc12. The summed E-state index contributed by atoms with van der Waals surface area (Å²) in [6.45, 7) is 0. The minimum atomic E-state index is -0.779. The monoisotopic (exact) mass is 284 g/mol. The number of nitrogens with one attached hydrogen (secondary N) is 1. The van der Waals surface area contributed by atoms with Gasteiger partial charge in [0.15, 0.2) is 0 Å². The first kappa shape index (κ1) is 12.4. The second-order valence-corrected chi connectivity index (χ2v) is 5.94. The van der Waals surface area contributed by atoms with Crippen LogP contribution in [0, 0.1) is 5.92 Å². The van der Waals surface area contributed by atoms with E-state index >= 15 is 0 Å². The lowest BCUT2D eigenvalue weighted by Crippen LogP contribution is -2.37. The number of nitrogens with zero attached hydrogens (tertiary/aromatic N) is 1. The molecule has 1 aromatic carbocycles. The Bertz CT molecular complexity index is 736. The Morgan fingerprint density at radius 3 is 2.81 bits per heavy atom. The smallest absolute Gasteiger partial charge is 0.308 e. The second kappa shape index (κ2) is 4.35. The maximum absolute atomic E-state index is 12.9. The lowest BCUT2D eigenvalue weighted by Gasteiger charge is -2.22. The van der Waals surface area contributed by atoms with Crippen LogP contribution in [-0.2, 0) is 4.79 Å². The Morgan fingerprint density at radius 2 is 2.05 bits per heavy atom. The first-order chi connectivity index (χ1) is 10.2. The summed E-state index contributed by atoms with van der Waals surface area (Å²) in [5.41, 5.74) is 1.58. The zero-order chi connectivity index (χ0) is 14.6. The van der Waals surface area contributed by atoms with Crippen LogP contribution in [0.3, 0.4) is 0 Å². The summed E-state index contributed by atoms with van der Waals surface area (Å²) in [6.07, 6.45) is 4.05. The van der Waals surface area contributed by atoms with E-state index in [0.29, 0.717) is 12.0 Å². The fourth-order valence-electron chi connectivity index (χ4n) is 3.96. The number of rotatable bonds is 2. The van der Waals surface area contributed by atoms with Crippen LogP contribution in [0.25, 0.3) is 10.9 Å². The van der Waals surface area contributed by atoms with Crippen LogP contribution < -0.4 is 0 Å². The maximum atomic E-state index is 12.9. The van der Waals surface area contributed by atoms with E-state index < -0.39 is 11.9 Å². The van der Waals surface area contributed by atoms with Crippen LogP contribution in [0.15, 0.2) is 30.5 Å². The third-order valence-corrected chi connectivity index (χ3v) is 4.91. The second-order valence-electron chi connectivity index (χ2n) is 5.94. The number of amides is 1. The first-order valence-electron chi connectivity index (χ1n) is 7.28. The Labute approximate surface area is 121 Å². The molecule has 5 heteroatoms. The topological polar surface area (TPSA) is 73.4 Å². The predicted octanol–water partition coefficient (Wildman–Crippen LogP) is 2.25. The molecule has 0 spiro atoms. The van der Waals surface area contributed by atoms with E-state index in [-0.39, 0.29) is 18.0 Å². The summed E-state index contributed by atoms with van der Waals surface area (Å²) in [5.74, 6) is -1.22. The van der Waals surface area contributed by atoms with Gasteiger partial charge in [-0.15, -0.1) is 0 Å². The third kappa shape index (κ3) is 1.70. The molecule has 2 saturated heterocycles. The number of aliphatic carboxylic acids is 1. The van der Waals surface area contributed by atoms with Crippen molar-refractivity contribution in [1.29, 1.82) is 0 Å². The number of benzene rings is 1. The van der Waals surface area contributed by atoms with Gasteiger partial charge >= 0.3 is 5.97 Å². The maximum Gasteiger partial charge on any atom is 0.308 e. The average molecular weight is 284 g/mol. The molecule has 0 radical (unpaired) electrons. The van der Waals surface area contributed by atoms with Crippen molar-refractivity contribution in [3.8, 4) is 0 Å². The number of fused-ring (bicyclic) bond motifs is 3. The summed E-state index contributed by atoms with van der Waals surface area (Å²) in [6, 6.07) is 7.63. The molecule has 21 heavy (non-hydrogen) atoms. The Kier molecular flexibility index (Phi) is 2.58. The number of hydrogen-bond donors (Lipinski definition) is 2. The number of para-hydroxylation sites is 1. The number of H-pyrrole nitrogens is 1. The van der Waals surface area contributed by atoms with Crippen LogP contribution in [0.5, 0.6) is 0 Å². The van der Waals surface area contributed by atoms with Crippen molar-refractivity contribution in [3.05, 3.63) is 36.0 Å². The standard InChI is InChI=1S/C16H16N2O3/c19-15(12-8-17-13-4-2-1-3-10(12)13)18-9-5-6-14(18)11(7-9)16(20)21/h1-4,8-9,11,14,17H,5-7H2,(H,20,21). The fourth-order valence-corrected chi connectivity index (χ4v) is 3.96. The number of carbonyl (C=O) groups excluding carboxylic acids is 1. The molecule has 5 nitrogen and oxygen atoms in total. The van der Waals surface area contributed by atoms with E-state index in [0.717, 1.165) is 23.7 Å². The Hall–Kier alpha value is -2.30. The van der Waals surface area contributed by atoms with Crippen LogP contribution in [0.2, 0.25) is 0 Å². The minimum Gasteiger partial charge on any atom is -0.481 e. The number of carboxylic acids is 1. The third-order valence-electron chi connectivity index (χ3n) is 4.91. The molecule has 0 aliphatic carbocycles. The number of carbonyl (C=O) groups is 2. The van der Waals surface area contributed by atoms with Gasteiger partial charge in [-0.2, -0.15) is 0 Å². The molecule has 1 aromatic heterocycles. The lowest BCUT2D eigenvalue weighted by molar-refractivity contribution is -0.142. The molecule has 3 atom stereocenters. The molecule has 2 bridgehead atoms. The van der Waals surface area contributed by atoms with Crippen LogP contribution in [0.1, 0.15) is 29.6 Å². The van der Waals surface area contributed by atoms with Gasteiger partial charge in [0.2, 0.25) is 0 Å². The Morgan fingerprint density at radius 1 is 1.24 bits per heavy atom. The minimum absolute atomic E-state index is 0.0382. The first-order valence-corrected chi connectivity index (χ1v) is 7.28. The number of aromatic amines is 1. The van der Waals surface area contributed by atoms with Crippen molar-refractivity contribution in [3.63, 3.8) is 0 Å². The normalized spacial score (nSPS) is 27.4. The molecule has 0 saturated carbocycles. The molecule has 2 aromatic rings. The molecule has 108 valence electrons. The van der Waals surface area contributed by atoms with Gasteiger partial charge < -0.3 is 15.0 Å². The van der Waals surface area contributed by atoms with Gasteiger partial charge in [0.1, 0.15) is 0 Å². The van der Waals surface area contributed by atoms with Crippen molar-refractivity contribution < 1.29 is 14.7 Å². The zero-order valence-electron chi connectivity index (χ0n) is 11.5. The molecular formula is C16H16N2O3. The molecule has 3 unspecified atom stereocenters. The molecule has 2 aliphatic heterocycles. The zero-order valence-corrected chi connectivity index (χ0v) is 11.5. The molecule has 1 amide bonds. The number of aromatic nitrogens is 1. The molecular weight excluding hydrogens is 268 g/mol. The summed E-state index contributed by atoms with van der Waals surface area (Å²) >= 11 is 0. The van der Waals surface area contributed by atoms with Crippen LogP contribution in [-0.4, -0.2) is 39.0 Å². The van der Waals surface area contributed by atoms with E-state index in [1.807, 2.05) is 29.2 Å². The highest BCUT2D eigenvalue weighted by molar-refractivity contribution is 6.07. The van der Waals surface area contributed by atoms with Gasteiger partial charge in [0, 0.05) is 29.2 Å². The number of carboxylic acid groups (broad SMARTS) is 1. The van der Waals surface area contributed by atoms with E-state index in [9.17, 15) is 14.7 Å². The largest absolute Gasteiger partial charge is 0.481 e. The van der Waals surface area contributed by atoms with Crippen molar-refractivity contribution in [2.45, 2.75) is 31.3 Å². The highest BCUT2D eigenvalue weighted by Crippen LogP contribution is 2.43. The van der Waals surface area contributed by atoms with Gasteiger partial charge in [-0.1, -0.05) is 18.2 Å². The number of hydrogen-bond acceptors (Lipinski definition) is 2. The van der Waals surface area contributed by atoms with Gasteiger partial charge in [-0.25, -0.2) is 0 Å². The van der Waals surface area contributed by atoms with Crippen LogP contribution in [0.4, 0.5) is 0 Å². The van der Waals surface area contributed by atoms with Gasteiger partial charge in [0.05, 0.1) is 11.5 Å². The predicted molar refractivity (Wildman–Crippen MR) is 77.0 cm³/mol. The van der Waals surface area contributed by atoms with Gasteiger partial charge in [-0.3, -0.25) is 9.59 Å². The van der Waals surface area contributed by atoms with Crippen molar-refractivity contribution in [2.75, 3.05) is 0 Å². The highest BCUT2D eigenvalue weighted by Gasteiger charge is 2.51. The van der Waals surface area contributed by atoms with Crippen molar-refractivity contribution in [1.82, 2.24) is 9.88 Å². The van der Waals surface area contributed by atoms with Crippen LogP contribution >= 0.6 is 0 Å². The highest BCUT2D eigenvalue weighted by atomic mass is 16.4. The molecule has 2 fully saturated rings.